The molecular formula is C13H28N4O. The van der Waals surface area contributed by atoms with Gasteiger partial charge in [0.05, 0.1) is 13.2 Å². The van der Waals surface area contributed by atoms with E-state index in [2.05, 4.69) is 27.4 Å². The van der Waals surface area contributed by atoms with Gasteiger partial charge in [-0.1, -0.05) is 6.92 Å². The highest BCUT2D eigenvalue weighted by molar-refractivity contribution is 5.79. The van der Waals surface area contributed by atoms with Gasteiger partial charge in [-0.15, -0.1) is 0 Å². The molecule has 5 nitrogen and oxygen atoms in total. The van der Waals surface area contributed by atoms with Crippen molar-refractivity contribution in [3.05, 3.63) is 0 Å². The molecule has 5 heteroatoms. The van der Waals surface area contributed by atoms with Crippen LogP contribution in [0.15, 0.2) is 4.99 Å². The Morgan fingerprint density at radius 2 is 1.89 bits per heavy atom. The first-order valence-corrected chi connectivity index (χ1v) is 7.11. The molecule has 0 aromatic rings. The van der Waals surface area contributed by atoms with Crippen LogP contribution in [0.25, 0.3) is 0 Å². The summed E-state index contributed by atoms with van der Waals surface area (Å²) in [5.74, 6) is 0.920. The predicted molar refractivity (Wildman–Crippen MR) is 76.1 cm³/mol. The zero-order valence-electron chi connectivity index (χ0n) is 11.9. The average Bonchev–Trinajstić information content (AvgIpc) is 2.43. The van der Waals surface area contributed by atoms with Gasteiger partial charge in [0, 0.05) is 33.2 Å². The predicted octanol–water partition coefficient (Wildman–Crippen LogP) is 0.674. The number of nitrogens with zero attached hydrogens (tertiary/aromatic N) is 2. The third kappa shape index (κ3) is 6.81. The molecule has 1 aliphatic rings. The number of unbranched alkanes of at least 4 members (excludes halogenated alkanes) is 1. The molecule has 1 fully saturated rings. The molecule has 0 spiro atoms. The Morgan fingerprint density at radius 1 is 1.17 bits per heavy atom. The largest absolute Gasteiger partial charge is 0.379 e. The molecule has 2 N–H and O–H groups in total. The van der Waals surface area contributed by atoms with Gasteiger partial charge in [-0.05, 0) is 25.8 Å². The smallest absolute Gasteiger partial charge is 0.190 e. The van der Waals surface area contributed by atoms with Crippen molar-refractivity contribution in [3.8, 4) is 0 Å². The minimum Gasteiger partial charge on any atom is -0.379 e. The van der Waals surface area contributed by atoms with Crippen LogP contribution in [0.4, 0.5) is 0 Å². The summed E-state index contributed by atoms with van der Waals surface area (Å²) in [6.07, 6.45) is 3.54. The topological polar surface area (TPSA) is 48.9 Å². The summed E-state index contributed by atoms with van der Waals surface area (Å²) in [5, 5.41) is 6.61. The second-order valence-corrected chi connectivity index (χ2v) is 4.59. The molecule has 0 unspecified atom stereocenters. The molecule has 18 heavy (non-hydrogen) atoms. The van der Waals surface area contributed by atoms with Crippen LogP contribution in [0.1, 0.15) is 26.2 Å². The van der Waals surface area contributed by atoms with E-state index in [-0.39, 0.29) is 0 Å². The first-order valence-electron chi connectivity index (χ1n) is 7.11. The van der Waals surface area contributed by atoms with Crippen LogP contribution in [-0.4, -0.2) is 63.8 Å². The number of guanidine groups is 1. The summed E-state index contributed by atoms with van der Waals surface area (Å²) in [6.45, 7) is 9.29. The summed E-state index contributed by atoms with van der Waals surface area (Å²) < 4.78 is 5.33. The fourth-order valence-electron chi connectivity index (χ4n) is 1.96. The third-order valence-electron chi connectivity index (χ3n) is 3.06. The van der Waals surface area contributed by atoms with Gasteiger partial charge in [-0.3, -0.25) is 9.89 Å². The van der Waals surface area contributed by atoms with Gasteiger partial charge in [0.2, 0.25) is 0 Å². The Balaban J connectivity index is 1.96. The van der Waals surface area contributed by atoms with Gasteiger partial charge in [-0.2, -0.15) is 0 Å². The maximum Gasteiger partial charge on any atom is 0.190 e. The zero-order chi connectivity index (χ0) is 13.1. The number of rotatable bonds is 7. The van der Waals surface area contributed by atoms with Crippen LogP contribution < -0.4 is 10.6 Å². The number of morpholine rings is 1. The Bertz CT molecular complexity index is 227. The van der Waals surface area contributed by atoms with E-state index in [1.165, 1.54) is 19.4 Å². The molecule has 106 valence electrons. The molecule has 0 atom stereocenters. The average molecular weight is 256 g/mol. The van der Waals surface area contributed by atoms with Crippen LogP contribution in [0, 0.1) is 0 Å². The Kier molecular flexibility index (Phi) is 8.59. The summed E-state index contributed by atoms with van der Waals surface area (Å²) in [7, 11) is 1.82. The Morgan fingerprint density at radius 3 is 2.56 bits per heavy atom. The lowest BCUT2D eigenvalue weighted by molar-refractivity contribution is 0.0372. The highest BCUT2D eigenvalue weighted by Crippen LogP contribution is 1.99. The van der Waals surface area contributed by atoms with Crippen molar-refractivity contribution in [2.75, 3.05) is 53.0 Å². The van der Waals surface area contributed by atoms with Crippen LogP contribution in [0.5, 0.6) is 0 Å². The summed E-state index contributed by atoms with van der Waals surface area (Å²) in [4.78, 5) is 6.66. The van der Waals surface area contributed by atoms with Crippen molar-refractivity contribution in [3.63, 3.8) is 0 Å². The van der Waals surface area contributed by atoms with Gasteiger partial charge in [0.1, 0.15) is 0 Å². The Hall–Kier alpha value is -0.810. The fraction of sp³-hybridized carbons (Fsp3) is 0.923. The van der Waals surface area contributed by atoms with Crippen molar-refractivity contribution >= 4 is 5.96 Å². The van der Waals surface area contributed by atoms with Crippen molar-refractivity contribution < 1.29 is 4.74 Å². The number of hydrogen-bond acceptors (Lipinski definition) is 3. The standard InChI is InChI=1S/C13H28N4O/c1-3-6-15-13(14-2)16-7-4-5-8-17-9-11-18-12-10-17/h3-12H2,1-2H3,(H2,14,15,16). The van der Waals surface area contributed by atoms with E-state index in [4.69, 9.17) is 4.74 Å². The number of hydrogen-bond donors (Lipinski definition) is 2. The van der Waals surface area contributed by atoms with E-state index in [9.17, 15) is 0 Å². The molecule has 1 saturated heterocycles. The normalized spacial score (nSPS) is 17.8. The summed E-state index contributed by atoms with van der Waals surface area (Å²) in [5.41, 5.74) is 0. The van der Waals surface area contributed by atoms with Crippen LogP contribution >= 0.6 is 0 Å². The van der Waals surface area contributed by atoms with E-state index in [1.807, 2.05) is 7.05 Å². The molecule has 0 bridgehead atoms. The highest BCUT2D eigenvalue weighted by atomic mass is 16.5. The number of nitrogens with one attached hydrogen (secondary N) is 2. The minimum atomic E-state index is 0.895. The molecule has 1 heterocycles. The lowest BCUT2D eigenvalue weighted by atomic mass is 10.3. The maximum absolute atomic E-state index is 5.33. The molecule has 0 radical (unpaired) electrons. The number of ether oxygens (including phenoxy) is 1. The zero-order valence-corrected chi connectivity index (χ0v) is 11.9. The lowest BCUT2D eigenvalue weighted by Crippen LogP contribution is -2.39. The second-order valence-electron chi connectivity index (χ2n) is 4.59. The fourth-order valence-corrected chi connectivity index (χ4v) is 1.96. The molecule has 0 saturated carbocycles. The van der Waals surface area contributed by atoms with E-state index in [1.54, 1.807) is 0 Å². The van der Waals surface area contributed by atoms with Crippen LogP contribution in [-0.2, 0) is 4.74 Å². The van der Waals surface area contributed by atoms with Crippen molar-refractivity contribution in [2.45, 2.75) is 26.2 Å². The molecule has 0 aliphatic carbocycles. The molecule has 0 amide bonds. The molecule has 0 aromatic heterocycles. The molecule has 1 aliphatic heterocycles. The van der Waals surface area contributed by atoms with E-state index < -0.39 is 0 Å². The minimum absolute atomic E-state index is 0.895. The third-order valence-corrected chi connectivity index (χ3v) is 3.06. The highest BCUT2D eigenvalue weighted by Gasteiger charge is 2.08. The summed E-state index contributed by atoms with van der Waals surface area (Å²) in [6, 6.07) is 0. The van der Waals surface area contributed by atoms with Gasteiger partial charge in [0.15, 0.2) is 5.96 Å². The second kappa shape index (κ2) is 10.1. The van der Waals surface area contributed by atoms with Gasteiger partial charge in [-0.25, -0.2) is 0 Å². The van der Waals surface area contributed by atoms with E-state index >= 15 is 0 Å². The van der Waals surface area contributed by atoms with E-state index in [0.717, 1.165) is 51.8 Å². The molecule has 1 rings (SSSR count). The van der Waals surface area contributed by atoms with Gasteiger partial charge in [0.25, 0.3) is 0 Å². The molecule has 0 aromatic carbocycles. The lowest BCUT2D eigenvalue weighted by Gasteiger charge is -2.26. The van der Waals surface area contributed by atoms with Crippen molar-refractivity contribution in [1.82, 2.24) is 15.5 Å². The molecular weight excluding hydrogens is 228 g/mol. The SMILES string of the molecule is CCCNC(=NC)NCCCCN1CCOCC1. The first-order chi connectivity index (χ1) is 8.86. The monoisotopic (exact) mass is 256 g/mol. The number of aliphatic imine (C=N–C) groups is 1. The maximum atomic E-state index is 5.33. The Labute approximate surface area is 111 Å². The first kappa shape index (κ1) is 15.2. The van der Waals surface area contributed by atoms with Crippen LogP contribution in [0.3, 0.4) is 0 Å². The van der Waals surface area contributed by atoms with Gasteiger partial charge < -0.3 is 15.4 Å². The van der Waals surface area contributed by atoms with E-state index in [0.29, 0.717) is 0 Å². The summed E-state index contributed by atoms with van der Waals surface area (Å²) >= 11 is 0. The van der Waals surface area contributed by atoms with Crippen molar-refractivity contribution in [1.29, 1.82) is 0 Å². The van der Waals surface area contributed by atoms with Crippen LogP contribution in [0.2, 0.25) is 0 Å². The van der Waals surface area contributed by atoms with Crippen molar-refractivity contribution in [2.24, 2.45) is 4.99 Å². The quantitative estimate of drug-likeness (QED) is 0.399. The van der Waals surface area contributed by atoms with Gasteiger partial charge >= 0.3 is 0 Å².